The number of halogens is 1. The quantitative estimate of drug-likeness (QED) is 0.349. The third kappa shape index (κ3) is 4.70. The summed E-state index contributed by atoms with van der Waals surface area (Å²) in [6.45, 7) is 5.59. The number of imidazole rings is 1. The average molecular weight is 455 g/mol. The molecule has 128 valence electrons. The van der Waals surface area contributed by atoms with E-state index in [2.05, 4.69) is 58.7 Å². The van der Waals surface area contributed by atoms with Gasteiger partial charge in [0.25, 0.3) is 0 Å². The molecule has 0 aliphatic rings. The van der Waals surface area contributed by atoms with Crippen molar-refractivity contribution >= 4 is 46.2 Å². The molecule has 2 heterocycles. The largest absolute Gasteiger partial charge is 0.357 e. The Bertz CT molecular complexity index is 752. The topological polar surface area (TPSA) is 53.7 Å². The van der Waals surface area contributed by atoms with E-state index < -0.39 is 0 Å². The van der Waals surface area contributed by atoms with Crippen molar-refractivity contribution < 1.29 is 0 Å². The number of aliphatic imine (C=N–C) groups is 1. The molecule has 3 rings (SSSR count). The number of hydrogen-bond acceptors (Lipinski definition) is 3. The lowest BCUT2D eigenvalue weighted by Crippen LogP contribution is -2.38. The molecule has 2 N–H and O–H groups in total. The second-order valence-corrected chi connectivity index (χ2v) is 6.17. The van der Waals surface area contributed by atoms with Crippen LogP contribution in [0.25, 0.3) is 4.96 Å². The summed E-state index contributed by atoms with van der Waals surface area (Å²) in [5, 5.41) is 8.76. The summed E-state index contributed by atoms with van der Waals surface area (Å²) in [5.41, 5.74) is 2.21. The zero-order valence-electron chi connectivity index (χ0n) is 13.8. The molecule has 0 aliphatic heterocycles. The summed E-state index contributed by atoms with van der Waals surface area (Å²) < 4.78 is 2.03. The first-order chi connectivity index (χ1) is 11.3. The second kappa shape index (κ2) is 9.03. The molecule has 1 atom stereocenters. The Kier molecular flexibility index (Phi) is 7.04. The van der Waals surface area contributed by atoms with Crippen LogP contribution in [0, 0.1) is 0 Å². The van der Waals surface area contributed by atoms with Crippen molar-refractivity contribution in [3.8, 4) is 0 Å². The highest BCUT2D eigenvalue weighted by Gasteiger charge is 2.08. The standard InChI is InChI=1S/C17H21N5S.HI/c1-3-18-16(20-13(2)14-7-5-4-6-8-14)19-11-15-12-22-9-10-23-17(22)21-15;/h4-10,12-13H,3,11H2,1-2H3,(H2,18,19,20);1H. The van der Waals surface area contributed by atoms with Gasteiger partial charge in [0, 0.05) is 24.3 Å². The highest BCUT2D eigenvalue weighted by atomic mass is 127. The molecule has 0 saturated carbocycles. The number of nitrogens with one attached hydrogen (secondary N) is 2. The number of hydrogen-bond donors (Lipinski definition) is 2. The molecule has 3 aromatic rings. The van der Waals surface area contributed by atoms with Crippen LogP contribution in [0.2, 0.25) is 0 Å². The molecule has 1 unspecified atom stereocenters. The molecule has 7 heteroatoms. The van der Waals surface area contributed by atoms with Gasteiger partial charge in [-0.2, -0.15) is 0 Å². The Hall–Kier alpha value is -1.61. The fourth-order valence-corrected chi connectivity index (χ4v) is 3.08. The number of nitrogens with zero attached hydrogens (tertiary/aromatic N) is 3. The van der Waals surface area contributed by atoms with E-state index >= 15 is 0 Å². The smallest absolute Gasteiger partial charge is 0.193 e. The second-order valence-electron chi connectivity index (χ2n) is 5.30. The first kappa shape index (κ1) is 18.7. The average Bonchev–Trinajstić information content (AvgIpc) is 3.15. The summed E-state index contributed by atoms with van der Waals surface area (Å²) in [7, 11) is 0. The third-order valence-electron chi connectivity index (χ3n) is 3.54. The molecule has 1 aromatic carbocycles. The van der Waals surface area contributed by atoms with Crippen LogP contribution in [0.1, 0.15) is 31.1 Å². The lowest BCUT2D eigenvalue weighted by Gasteiger charge is -2.18. The normalized spacial score (nSPS) is 12.7. The van der Waals surface area contributed by atoms with Crippen LogP contribution in [0.15, 0.2) is 53.1 Å². The minimum atomic E-state index is 0. The molecule has 0 bridgehead atoms. The van der Waals surface area contributed by atoms with Crippen LogP contribution < -0.4 is 10.6 Å². The Balaban J connectivity index is 0.00000208. The van der Waals surface area contributed by atoms with Crippen molar-refractivity contribution in [3.05, 3.63) is 59.4 Å². The van der Waals surface area contributed by atoms with E-state index in [1.54, 1.807) is 11.3 Å². The maximum atomic E-state index is 4.65. The Labute approximate surface area is 163 Å². The van der Waals surface area contributed by atoms with Crippen LogP contribution in [-0.2, 0) is 6.54 Å². The SMILES string of the molecule is CCNC(=NCc1cn2ccsc2n1)NC(C)c1ccccc1.I. The number of guanidine groups is 1. The molecule has 0 aliphatic carbocycles. The minimum absolute atomic E-state index is 0. The van der Waals surface area contributed by atoms with Crippen LogP contribution in [0.3, 0.4) is 0 Å². The maximum Gasteiger partial charge on any atom is 0.193 e. The molecule has 0 fully saturated rings. The zero-order chi connectivity index (χ0) is 16.1. The Morgan fingerprint density at radius 3 is 2.83 bits per heavy atom. The third-order valence-corrected chi connectivity index (χ3v) is 4.31. The predicted octanol–water partition coefficient (Wildman–Crippen LogP) is 3.83. The molecule has 0 saturated heterocycles. The number of aromatic nitrogens is 2. The monoisotopic (exact) mass is 455 g/mol. The van der Waals surface area contributed by atoms with Crippen molar-refractivity contribution in [2.24, 2.45) is 4.99 Å². The van der Waals surface area contributed by atoms with Crippen molar-refractivity contribution in [2.45, 2.75) is 26.4 Å². The van der Waals surface area contributed by atoms with E-state index in [4.69, 9.17) is 0 Å². The van der Waals surface area contributed by atoms with Gasteiger partial charge in [-0.1, -0.05) is 30.3 Å². The lowest BCUT2D eigenvalue weighted by atomic mass is 10.1. The molecule has 2 aromatic heterocycles. The van der Waals surface area contributed by atoms with Crippen LogP contribution in [0.4, 0.5) is 0 Å². The lowest BCUT2D eigenvalue weighted by molar-refractivity contribution is 0.686. The summed E-state index contributed by atoms with van der Waals surface area (Å²) in [6.07, 6.45) is 4.04. The van der Waals surface area contributed by atoms with Crippen LogP contribution in [0.5, 0.6) is 0 Å². The number of benzene rings is 1. The fraction of sp³-hybridized carbons (Fsp3) is 0.294. The highest BCUT2D eigenvalue weighted by molar-refractivity contribution is 14.0. The molecular formula is C17H22IN5S. The molecule has 24 heavy (non-hydrogen) atoms. The summed E-state index contributed by atoms with van der Waals surface area (Å²) in [5.74, 6) is 0.806. The molecular weight excluding hydrogens is 433 g/mol. The van der Waals surface area contributed by atoms with E-state index in [0.717, 1.165) is 23.2 Å². The maximum absolute atomic E-state index is 4.65. The van der Waals surface area contributed by atoms with E-state index in [1.165, 1.54) is 5.56 Å². The number of fused-ring (bicyclic) bond motifs is 1. The molecule has 0 spiro atoms. The van der Waals surface area contributed by atoms with Gasteiger partial charge in [-0.25, -0.2) is 9.98 Å². The Morgan fingerprint density at radius 2 is 2.12 bits per heavy atom. The van der Waals surface area contributed by atoms with Crippen LogP contribution >= 0.6 is 35.3 Å². The number of rotatable bonds is 5. The van der Waals surface area contributed by atoms with Gasteiger partial charge in [0.05, 0.1) is 18.3 Å². The Morgan fingerprint density at radius 1 is 1.33 bits per heavy atom. The van der Waals surface area contributed by atoms with Crippen molar-refractivity contribution in [1.29, 1.82) is 0 Å². The van der Waals surface area contributed by atoms with Crippen molar-refractivity contribution in [3.63, 3.8) is 0 Å². The van der Waals surface area contributed by atoms with Gasteiger partial charge in [0.1, 0.15) is 0 Å². The summed E-state index contributed by atoms with van der Waals surface area (Å²) in [4.78, 5) is 10.2. The van der Waals surface area contributed by atoms with Crippen molar-refractivity contribution in [2.75, 3.05) is 6.54 Å². The van der Waals surface area contributed by atoms with Crippen molar-refractivity contribution in [1.82, 2.24) is 20.0 Å². The van der Waals surface area contributed by atoms with Gasteiger partial charge in [-0.3, -0.25) is 4.40 Å². The van der Waals surface area contributed by atoms with Gasteiger partial charge in [-0.15, -0.1) is 35.3 Å². The van der Waals surface area contributed by atoms with Gasteiger partial charge in [0.2, 0.25) is 0 Å². The van der Waals surface area contributed by atoms with E-state index in [0.29, 0.717) is 6.54 Å². The summed E-state index contributed by atoms with van der Waals surface area (Å²) >= 11 is 1.63. The summed E-state index contributed by atoms with van der Waals surface area (Å²) in [6, 6.07) is 10.6. The molecule has 0 amide bonds. The van der Waals surface area contributed by atoms with Crippen LogP contribution in [-0.4, -0.2) is 21.9 Å². The number of thiazole rings is 1. The fourth-order valence-electron chi connectivity index (χ4n) is 2.36. The zero-order valence-corrected chi connectivity index (χ0v) is 16.9. The first-order valence-electron chi connectivity index (χ1n) is 7.77. The van der Waals surface area contributed by atoms with E-state index in [1.807, 2.05) is 28.2 Å². The van der Waals surface area contributed by atoms with Gasteiger partial charge in [-0.05, 0) is 19.4 Å². The van der Waals surface area contributed by atoms with Gasteiger partial charge in [0.15, 0.2) is 10.9 Å². The minimum Gasteiger partial charge on any atom is -0.357 e. The van der Waals surface area contributed by atoms with E-state index in [-0.39, 0.29) is 30.0 Å². The molecule has 5 nitrogen and oxygen atoms in total. The van der Waals surface area contributed by atoms with E-state index in [9.17, 15) is 0 Å². The molecule has 0 radical (unpaired) electrons. The predicted molar refractivity (Wildman–Crippen MR) is 111 cm³/mol. The van der Waals surface area contributed by atoms with Gasteiger partial charge >= 0.3 is 0 Å². The highest BCUT2D eigenvalue weighted by Crippen LogP contribution is 2.13. The first-order valence-corrected chi connectivity index (χ1v) is 8.65. The van der Waals surface area contributed by atoms with Gasteiger partial charge < -0.3 is 10.6 Å².